The van der Waals surface area contributed by atoms with E-state index in [0.717, 1.165) is 10.0 Å². The zero-order valence-electron chi connectivity index (χ0n) is 13.2. The third kappa shape index (κ3) is 4.45. The minimum Gasteiger partial charge on any atom is -0.493 e. The number of hydrogen-bond acceptors (Lipinski definition) is 6. The maximum absolute atomic E-state index is 10.6. The van der Waals surface area contributed by atoms with Gasteiger partial charge in [-0.2, -0.15) is 5.10 Å². The Hall–Kier alpha value is -2.61. The molecule has 0 fully saturated rings. The third-order valence-electron chi connectivity index (χ3n) is 3.06. The molecule has 24 heavy (non-hydrogen) atoms. The van der Waals surface area contributed by atoms with Gasteiger partial charge in [0.15, 0.2) is 11.5 Å². The Morgan fingerprint density at radius 1 is 1.29 bits per heavy atom. The first-order valence-corrected chi connectivity index (χ1v) is 7.88. The van der Waals surface area contributed by atoms with Crippen LogP contribution in [0.4, 0.5) is 11.4 Å². The van der Waals surface area contributed by atoms with E-state index in [4.69, 9.17) is 9.47 Å². The van der Waals surface area contributed by atoms with Gasteiger partial charge in [0, 0.05) is 22.2 Å². The average Bonchev–Trinajstić information content (AvgIpc) is 2.58. The van der Waals surface area contributed by atoms with Crippen LogP contribution in [0, 0.1) is 10.1 Å². The molecule has 0 heterocycles. The highest BCUT2D eigenvalue weighted by molar-refractivity contribution is 9.10. The van der Waals surface area contributed by atoms with Crippen LogP contribution in [0.5, 0.6) is 11.5 Å². The maximum atomic E-state index is 10.6. The molecule has 0 aliphatic heterocycles. The highest BCUT2D eigenvalue weighted by atomic mass is 79.9. The molecule has 2 aromatic rings. The summed E-state index contributed by atoms with van der Waals surface area (Å²) in [5.41, 5.74) is 4.30. The molecular weight excluding hydrogens is 378 g/mol. The van der Waals surface area contributed by atoms with Crippen LogP contribution in [0.25, 0.3) is 0 Å². The van der Waals surface area contributed by atoms with Crippen molar-refractivity contribution in [3.63, 3.8) is 0 Å². The van der Waals surface area contributed by atoms with Gasteiger partial charge in [0.05, 0.1) is 30.5 Å². The highest BCUT2D eigenvalue weighted by Crippen LogP contribution is 2.32. The summed E-state index contributed by atoms with van der Waals surface area (Å²) in [6.07, 6.45) is 1.62. The fraction of sp³-hybridized carbons (Fsp3) is 0.188. The fourth-order valence-electron chi connectivity index (χ4n) is 1.91. The van der Waals surface area contributed by atoms with Crippen LogP contribution in [-0.4, -0.2) is 24.9 Å². The molecule has 126 valence electrons. The van der Waals surface area contributed by atoms with Crippen molar-refractivity contribution in [1.82, 2.24) is 0 Å². The lowest BCUT2D eigenvalue weighted by Crippen LogP contribution is -1.98. The Kier molecular flexibility index (Phi) is 6.14. The fourth-order valence-corrected chi connectivity index (χ4v) is 2.34. The van der Waals surface area contributed by atoms with E-state index in [2.05, 4.69) is 26.5 Å². The van der Waals surface area contributed by atoms with Gasteiger partial charge in [0.1, 0.15) is 0 Å². The van der Waals surface area contributed by atoms with Crippen LogP contribution in [-0.2, 0) is 0 Å². The van der Waals surface area contributed by atoms with Crippen molar-refractivity contribution >= 4 is 33.5 Å². The number of hydrazone groups is 1. The van der Waals surface area contributed by atoms with E-state index in [1.807, 2.05) is 13.0 Å². The van der Waals surface area contributed by atoms with Crippen molar-refractivity contribution in [2.45, 2.75) is 6.92 Å². The average molecular weight is 394 g/mol. The van der Waals surface area contributed by atoms with Crippen molar-refractivity contribution in [2.24, 2.45) is 5.10 Å². The zero-order valence-corrected chi connectivity index (χ0v) is 14.7. The van der Waals surface area contributed by atoms with Gasteiger partial charge in [-0.1, -0.05) is 0 Å². The van der Waals surface area contributed by atoms with E-state index in [1.165, 1.54) is 12.1 Å². The smallest absolute Gasteiger partial charge is 0.269 e. The van der Waals surface area contributed by atoms with Crippen molar-refractivity contribution in [1.29, 1.82) is 0 Å². The molecule has 2 aromatic carbocycles. The summed E-state index contributed by atoms with van der Waals surface area (Å²) >= 11 is 3.46. The lowest BCUT2D eigenvalue weighted by Gasteiger charge is -2.11. The van der Waals surface area contributed by atoms with E-state index < -0.39 is 4.92 Å². The first kappa shape index (κ1) is 17.7. The van der Waals surface area contributed by atoms with Crippen LogP contribution in [0.2, 0.25) is 0 Å². The maximum Gasteiger partial charge on any atom is 0.269 e. The van der Waals surface area contributed by atoms with Gasteiger partial charge in [-0.15, -0.1) is 0 Å². The molecule has 0 aliphatic carbocycles. The van der Waals surface area contributed by atoms with Crippen LogP contribution in [0.15, 0.2) is 46.0 Å². The molecule has 0 atom stereocenters. The first-order valence-electron chi connectivity index (χ1n) is 7.09. The SMILES string of the molecule is CCOc1cc(C=NNc2ccc([N+](=O)[O-])cc2)c(Br)cc1OC. The van der Waals surface area contributed by atoms with Crippen molar-refractivity contribution < 1.29 is 14.4 Å². The molecule has 0 amide bonds. The predicted molar refractivity (Wildman–Crippen MR) is 96.2 cm³/mol. The summed E-state index contributed by atoms with van der Waals surface area (Å²) in [6, 6.07) is 9.61. The standard InChI is InChI=1S/C16H16BrN3O4/c1-3-24-16-8-11(14(17)9-15(16)23-2)10-18-19-12-4-6-13(7-5-12)20(21)22/h4-10,19H,3H2,1-2H3. The van der Waals surface area contributed by atoms with E-state index >= 15 is 0 Å². The number of rotatable bonds is 7. The molecule has 0 bridgehead atoms. The highest BCUT2D eigenvalue weighted by Gasteiger charge is 2.09. The lowest BCUT2D eigenvalue weighted by molar-refractivity contribution is -0.384. The molecule has 0 aromatic heterocycles. The largest absolute Gasteiger partial charge is 0.493 e. The number of hydrogen-bond donors (Lipinski definition) is 1. The minimum atomic E-state index is -0.448. The number of benzene rings is 2. The molecule has 0 saturated heterocycles. The molecule has 1 N–H and O–H groups in total. The second-order valence-corrected chi connectivity index (χ2v) is 5.49. The minimum absolute atomic E-state index is 0.0313. The number of nitro benzene ring substituents is 1. The summed E-state index contributed by atoms with van der Waals surface area (Å²) < 4.78 is 11.6. The molecule has 0 unspecified atom stereocenters. The Morgan fingerprint density at radius 2 is 2.00 bits per heavy atom. The zero-order chi connectivity index (χ0) is 17.5. The lowest BCUT2D eigenvalue weighted by atomic mass is 10.2. The number of methoxy groups -OCH3 is 1. The summed E-state index contributed by atoms with van der Waals surface area (Å²) in [5.74, 6) is 1.25. The summed E-state index contributed by atoms with van der Waals surface area (Å²) in [7, 11) is 1.58. The second-order valence-electron chi connectivity index (χ2n) is 4.63. The topological polar surface area (TPSA) is 86.0 Å². The number of non-ortho nitro benzene ring substituents is 1. The Labute approximate surface area is 147 Å². The van der Waals surface area contributed by atoms with E-state index in [-0.39, 0.29) is 5.69 Å². The van der Waals surface area contributed by atoms with Crippen molar-refractivity contribution in [3.8, 4) is 11.5 Å². The number of halogens is 1. The molecular formula is C16H16BrN3O4. The van der Waals surface area contributed by atoms with E-state index in [0.29, 0.717) is 23.8 Å². The second kappa shape index (κ2) is 8.30. The van der Waals surface area contributed by atoms with Gasteiger partial charge >= 0.3 is 0 Å². The van der Waals surface area contributed by atoms with Gasteiger partial charge < -0.3 is 9.47 Å². The van der Waals surface area contributed by atoms with Crippen LogP contribution < -0.4 is 14.9 Å². The third-order valence-corrected chi connectivity index (χ3v) is 3.74. The first-order chi connectivity index (χ1) is 11.5. The van der Waals surface area contributed by atoms with E-state index in [9.17, 15) is 10.1 Å². The number of nitrogens with one attached hydrogen (secondary N) is 1. The van der Waals surface area contributed by atoms with Gasteiger partial charge in [-0.05, 0) is 47.1 Å². The van der Waals surface area contributed by atoms with Gasteiger partial charge in [-0.25, -0.2) is 0 Å². The Bertz CT molecular complexity index is 748. The Balaban J connectivity index is 2.13. The molecule has 0 saturated carbocycles. The predicted octanol–water partition coefficient (Wildman–Crippen LogP) is 4.21. The Morgan fingerprint density at radius 3 is 2.58 bits per heavy atom. The van der Waals surface area contributed by atoms with Gasteiger partial charge in [-0.3, -0.25) is 15.5 Å². The molecule has 2 rings (SSSR count). The normalized spacial score (nSPS) is 10.6. The molecule has 0 aliphatic rings. The van der Waals surface area contributed by atoms with Crippen LogP contribution >= 0.6 is 15.9 Å². The summed E-state index contributed by atoms with van der Waals surface area (Å²) in [6.45, 7) is 2.42. The summed E-state index contributed by atoms with van der Waals surface area (Å²) in [4.78, 5) is 10.2. The van der Waals surface area contributed by atoms with Crippen LogP contribution in [0.3, 0.4) is 0 Å². The van der Waals surface area contributed by atoms with Crippen molar-refractivity contribution in [3.05, 3.63) is 56.5 Å². The number of ether oxygens (including phenoxy) is 2. The van der Waals surface area contributed by atoms with Gasteiger partial charge in [0.25, 0.3) is 5.69 Å². The monoisotopic (exact) mass is 393 g/mol. The summed E-state index contributed by atoms with van der Waals surface area (Å²) in [5, 5.41) is 14.7. The van der Waals surface area contributed by atoms with Crippen molar-refractivity contribution in [2.75, 3.05) is 19.1 Å². The van der Waals surface area contributed by atoms with E-state index in [1.54, 1.807) is 31.5 Å². The number of nitrogens with zero attached hydrogens (tertiary/aromatic N) is 2. The quantitative estimate of drug-likeness (QED) is 0.432. The van der Waals surface area contributed by atoms with Crippen LogP contribution in [0.1, 0.15) is 12.5 Å². The molecule has 7 nitrogen and oxygen atoms in total. The van der Waals surface area contributed by atoms with Gasteiger partial charge in [0.2, 0.25) is 0 Å². The number of anilines is 1. The molecule has 0 spiro atoms. The molecule has 0 radical (unpaired) electrons. The molecule has 8 heteroatoms. The number of nitro groups is 1.